The van der Waals surface area contributed by atoms with Gasteiger partial charge in [-0.1, -0.05) is 18.2 Å². The maximum Gasteiger partial charge on any atom is 0.366 e. The molecule has 72 valence electrons. The van der Waals surface area contributed by atoms with Crippen molar-refractivity contribution in [2.45, 2.75) is 0 Å². The summed E-state index contributed by atoms with van der Waals surface area (Å²) >= 11 is 0. The molecule has 0 amide bonds. The molecule has 1 atom stereocenters. The molecule has 0 aliphatic carbocycles. The van der Waals surface area contributed by atoms with Crippen LogP contribution in [0.3, 0.4) is 0 Å². The summed E-state index contributed by atoms with van der Waals surface area (Å²) in [5.41, 5.74) is 0.744. The summed E-state index contributed by atoms with van der Waals surface area (Å²) < 4.78 is 15.0. The van der Waals surface area contributed by atoms with E-state index in [2.05, 4.69) is 9.51 Å². The Labute approximate surface area is 81.1 Å². The second-order valence-electron chi connectivity index (χ2n) is 2.71. The number of aromatic nitrogens is 1. The van der Waals surface area contributed by atoms with Crippen molar-refractivity contribution in [2.75, 3.05) is 0 Å². The molecule has 14 heavy (non-hydrogen) atoms. The second kappa shape index (κ2) is 3.78. The Hall–Kier alpha value is -1.38. The molecule has 0 saturated carbocycles. The molecule has 0 fully saturated rings. The van der Waals surface area contributed by atoms with Crippen LogP contribution in [0, 0.1) is 0 Å². The van der Waals surface area contributed by atoms with Crippen molar-refractivity contribution in [3.63, 3.8) is 0 Å². The van der Waals surface area contributed by atoms with Crippen molar-refractivity contribution in [1.29, 1.82) is 0 Å². The van der Waals surface area contributed by atoms with E-state index in [0.717, 1.165) is 10.9 Å². The third-order valence-electron chi connectivity index (χ3n) is 1.76. The molecule has 1 heterocycles. The zero-order valence-electron chi connectivity index (χ0n) is 7.18. The summed E-state index contributed by atoms with van der Waals surface area (Å²) in [7, 11) is -2.97. The van der Waals surface area contributed by atoms with Gasteiger partial charge in [-0.3, -0.25) is 0 Å². The lowest BCUT2D eigenvalue weighted by molar-refractivity contribution is 0.405. The number of hydrogen-bond donors (Lipinski definition) is 1. The fourth-order valence-corrected chi connectivity index (χ4v) is 1.49. The van der Waals surface area contributed by atoms with Gasteiger partial charge in [0.1, 0.15) is 0 Å². The normalized spacial score (nSPS) is 12.6. The molecule has 1 aromatic heterocycles. The number of fused-ring (bicyclic) bond motifs is 1. The monoisotopic (exact) mass is 209 g/mol. The minimum atomic E-state index is -2.97. The minimum Gasteiger partial charge on any atom is -0.408 e. The van der Waals surface area contributed by atoms with E-state index in [9.17, 15) is 4.57 Å². The third-order valence-corrected chi connectivity index (χ3v) is 2.15. The van der Waals surface area contributed by atoms with Crippen LogP contribution in [0.15, 0.2) is 36.4 Å². The van der Waals surface area contributed by atoms with Crippen LogP contribution in [0.2, 0.25) is 0 Å². The fourth-order valence-electron chi connectivity index (χ4n) is 1.19. The van der Waals surface area contributed by atoms with Crippen LogP contribution < -0.4 is 4.52 Å². The van der Waals surface area contributed by atoms with Gasteiger partial charge in [-0.25, -0.2) is 9.55 Å². The van der Waals surface area contributed by atoms with Gasteiger partial charge in [0.05, 0.1) is 5.52 Å². The zero-order valence-corrected chi connectivity index (χ0v) is 8.18. The van der Waals surface area contributed by atoms with Crippen molar-refractivity contribution in [3.05, 3.63) is 36.4 Å². The molecule has 2 aromatic rings. The Bertz CT molecular complexity index is 486. The van der Waals surface area contributed by atoms with E-state index in [1.807, 2.05) is 24.3 Å². The first-order valence-electron chi connectivity index (χ1n) is 4.02. The van der Waals surface area contributed by atoms with Crippen LogP contribution in [0.25, 0.3) is 10.9 Å². The van der Waals surface area contributed by atoms with E-state index in [0.29, 0.717) is 0 Å². The summed E-state index contributed by atoms with van der Waals surface area (Å²) in [6.45, 7) is 0. The molecule has 2 rings (SSSR count). The Morgan fingerprint density at radius 2 is 2.00 bits per heavy atom. The summed E-state index contributed by atoms with van der Waals surface area (Å²) in [5.74, 6) is 0.176. The highest BCUT2D eigenvalue weighted by Crippen LogP contribution is 2.23. The van der Waals surface area contributed by atoms with Gasteiger partial charge in [-0.2, -0.15) is 0 Å². The van der Waals surface area contributed by atoms with Crippen molar-refractivity contribution >= 4 is 19.2 Å². The third kappa shape index (κ3) is 1.92. The van der Waals surface area contributed by atoms with Gasteiger partial charge < -0.3 is 9.42 Å². The van der Waals surface area contributed by atoms with E-state index < -0.39 is 8.25 Å². The Balaban J connectivity index is 2.46. The van der Waals surface area contributed by atoms with Gasteiger partial charge in [0.15, 0.2) is 0 Å². The van der Waals surface area contributed by atoms with Crippen LogP contribution in [0.5, 0.6) is 5.88 Å². The standard InChI is InChI=1S/C9H8NO3P/c11-14(12)13-9-6-5-7-3-1-2-4-8(7)10-9/h1-6,14H,(H,11,12). The first-order valence-corrected chi connectivity index (χ1v) is 5.28. The van der Waals surface area contributed by atoms with E-state index in [1.54, 1.807) is 12.1 Å². The fraction of sp³-hybridized carbons (Fsp3) is 0. The molecule has 1 aromatic carbocycles. The first-order chi connectivity index (χ1) is 6.75. The highest BCUT2D eigenvalue weighted by molar-refractivity contribution is 7.32. The molecule has 4 nitrogen and oxygen atoms in total. The highest BCUT2D eigenvalue weighted by atomic mass is 31.1. The molecule has 0 aliphatic heterocycles. The van der Waals surface area contributed by atoms with E-state index >= 15 is 0 Å². The molecule has 0 spiro atoms. The summed E-state index contributed by atoms with van der Waals surface area (Å²) in [6.07, 6.45) is 0. The number of rotatable bonds is 2. The second-order valence-corrected chi connectivity index (χ2v) is 3.45. The van der Waals surface area contributed by atoms with Gasteiger partial charge in [0.2, 0.25) is 5.88 Å². The molecule has 0 radical (unpaired) electrons. The van der Waals surface area contributed by atoms with Crippen LogP contribution in [0.4, 0.5) is 0 Å². The number of hydrogen-bond acceptors (Lipinski definition) is 3. The summed E-state index contributed by atoms with van der Waals surface area (Å²) in [6, 6.07) is 10.8. The maximum atomic E-state index is 10.4. The first kappa shape index (κ1) is 9.19. The van der Waals surface area contributed by atoms with Crippen LogP contribution in [-0.2, 0) is 4.57 Å². The largest absolute Gasteiger partial charge is 0.408 e. The zero-order chi connectivity index (χ0) is 9.97. The van der Waals surface area contributed by atoms with Crippen LogP contribution >= 0.6 is 8.25 Å². The lowest BCUT2D eigenvalue weighted by Crippen LogP contribution is -1.85. The smallest absolute Gasteiger partial charge is 0.366 e. The number of pyridine rings is 1. The Kier molecular flexibility index (Phi) is 2.48. The maximum absolute atomic E-state index is 10.4. The van der Waals surface area contributed by atoms with Crippen LogP contribution in [-0.4, -0.2) is 9.88 Å². The number of para-hydroxylation sites is 1. The van der Waals surface area contributed by atoms with Gasteiger partial charge in [-0.05, 0) is 12.1 Å². The molecule has 1 N–H and O–H groups in total. The lowest BCUT2D eigenvalue weighted by Gasteiger charge is -2.01. The van der Waals surface area contributed by atoms with Gasteiger partial charge in [-0.15, -0.1) is 0 Å². The van der Waals surface area contributed by atoms with Gasteiger partial charge in [0, 0.05) is 11.5 Å². The predicted octanol–water partition coefficient (Wildman–Crippen LogP) is 2.00. The van der Waals surface area contributed by atoms with Crippen molar-refractivity contribution in [2.24, 2.45) is 0 Å². The van der Waals surface area contributed by atoms with Gasteiger partial charge in [0.25, 0.3) is 0 Å². The topological polar surface area (TPSA) is 59.4 Å². The van der Waals surface area contributed by atoms with E-state index in [-0.39, 0.29) is 5.88 Å². The number of benzene rings is 1. The van der Waals surface area contributed by atoms with Crippen molar-refractivity contribution < 1.29 is 14.0 Å². The summed E-state index contributed by atoms with van der Waals surface area (Å²) in [5, 5.41) is 0.970. The molecular weight excluding hydrogens is 201 g/mol. The Morgan fingerprint density at radius 3 is 2.79 bits per heavy atom. The van der Waals surface area contributed by atoms with E-state index in [4.69, 9.17) is 4.89 Å². The lowest BCUT2D eigenvalue weighted by atomic mass is 10.2. The van der Waals surface area contributed by atoms with E-state index in [1.165, 1.54) is 0 Å². The van der Waals surface area contributed by atoms with Crippen LogP contribution in [0.1, 0.15) is 0 Å². The average molecular weight is 209 g/mol. The SMILES string of the molecule is O=[PH](O)Oc1ccc2ccccc2n1. The molecule has 1 unspecified atom stereocenters. The van der Waals surface area contributed by atoms with Gasteiger partial charge >= 0.3 is 8.25 Å². The predicted molar refractivity (Wildman–Crippen MR) is 53.6 cm³/mol. The molecule has 0 bridgehead atoms. The minimum absolute atomic E-state index is 0.176. The van der Waals surface area contributed by atoms with Crippen molar-refractivity contribution in [3.8, 4) is 5.88 Å². The quantitative estimate of drug-likeness (QED) is 0.768. The number of nitrogens with zero attached hydrogens (tertiary/aromatic N) is 1. The molecular formula is C9H8NO3P. The van der Waals surface area contributed by atoms with Crippen molar-refractivity contribution in [1.82, 2.24) is 4.98 Å². The molecule has 0 saturated heterocycles. The highest BCUT2D eigenvalue weighted by Gasteiger charge is 2.00. The summed E-state index contributed by atoms with van der Waals surface area (Å²) in [4.78, 5) is 12.6. The molecule has 5 heteroatoms. The molecule has 0 aliphatic rings. The Morgan fingerprint density at radius 1 is 1.21 bits per heavy atom. The average Bonchev–Trinajstić information content (AvgIpc) is 2.17.